The summed E-state index contributed by atoms with van der Waals surface area (Å²) in [5.74, 6) is 0.975. The maximum absolute atomic E-state index is 6.81. The topological polar surface area (TPSA) is 36.9 Å². The standard InChI is InChI=1S/C20H36O4Si/c1-19(2,3)25(5,6)24-18-10-8-14-22-20(18,4)17-12-11-15-16(23-17)9-7-13-21-15/h12,15-16,18H,7-11,13-14H2,1-6H3/t15-,16+,18-,20+/m0/s1. The Balaban J connectivity index is 1.80. The van der Waals surface area contributed by atoms with E-state index in [1.807, 2.05) is 0 Å². The molecule has 0 aromatic rings. The molecule has 2 saturated heterocycles. The highest BCUT2D eigenvalue weighted by Crippen LogP contribution is 2.44. The highest BCUT2D eigenvalue weighted by atomic mass is 28.4. The highest BCUT2D eigenvalue weighted by Gasteiger charge is 2.50. The Bertz CT molecular complexity index is 510. The monoisotopic (exact) mass is 368 g/mol. The SMILES string of the molecule is CC(C)(C)[Si](C)(C)O[C@H]1CCCO[C@]1(C)C1=CC[C@@H]2OCCC[C@H]2O1. The smallest absolute Gasteiger partial charge is 0.192 e. The molecule has 0 unspecified atom stereocenters. The summed E-state index contributed by atoms with van der Waals surface area (Å²) in [6.07, 6.45) is 7.81. The minimum atomic E-state index is -1.87. The molecule has 3 heterocycles. The highest BCUT2D eigenvalue weighted by molar-refractivity contribution is 6.74. The third-order valence-electron chi connectivity index (χ3n) is 6.55. The van der Waals surface area contributed by atoms with Gasteiger partial charge in [0, 0.05) is 13.2 Å². The van der Waals surface area contributed by atoms with Crippen molar-refractivity contribution in [3.8, 4) is 0 Å². The maximum atomic E-state index is 6.81. The van der Waals surface area contributed by atoms with Crippen LogP contribution in [0.3, 0.4) is 0 Å². The van der Waals surface area contributed by atoms with Crippen molar-refractivity contribution in [3.63, 3.8) is 0 Å². The summed E-state index contributed by atoms with van der Waals surface area (Å²) in [5.41, 5.74) is -0.476. The maximum Gasteiger partial charge on any atom is 0.192 e. The second-order valence-electron chi connectivity index (χ2n) is 9.48. The van der Waals surface area contributed by atoms with Crippen LogP contribution in [0.25, 0.3) is 0 Å². The molecule has 5 heteroatoms. The van der Waals surface area contributed by atoms with E-state index in [-0.39, 0.29) is 23.4 Å². The molecule has 25 heavy (non-hydrogen) atoms. The Labute approximate surface area is 154 Å². The number of rotatable bonds is 3. The zero-order valence-electron chi connectivity index (χ0n) is 16.9. The lowest BCUT2D eigenvalue weighted by molar-refractivity contribution is -0.168. The fraction of sp³-hybridized carbons (Fsp3) is 0.900. The summed E-state index contributed by atoms with van der Waals surface area (Å²) in [7, 11) is -1.87. The summed E-state index contributed by atoms with van der Waals surface area (Å²) in [6, 6.07) is 0. The van der Waals surface area contributed by atoms with Gasteiger partial charge in [-0.25, -0.2) is 0 Å². The van der Waals surface area contributed by atoms with Gasteiger partial charge in [0.1, 0.15) is 17.5 Å². The van der Waals surface area contributed by atoms with Crippen molar-refractivity contribution in [2.75, 3.05) is 13.2 Å². The van der Waals surface area contributed by atoms with Gasteiger partial charge < -0.3 is 18.6 Å². The molecule has 0 amide bonds. The molecule has 3 aliphatic rings. The summed E-state index contributed by atoms with van der Waals surface area (Å²) >= 11 is 0. The van der Waals surface area contributed by atoms with Gasteiger partial charge in [-0.1, -0.05) is 20.8 Å². The van der Waals surface area contributed by atoms with Gasteiger partial charge in [-0.15, -0.1) is 0 Å². The third kappa shape index (κ3) is 3.85. The van der Waals surface area contributed by atoms with E-state index in [9.17, 15) is 0 Å². The molecule has 4 nitrogen and oxygen atoms in total. The predicted molar refractivity (Wildman–Crippen MR) is 102 cm³/mol. The van der Waals surface area contributed by atoms with Crippen molar-refractivity contribution in [3.05, 3.63) is 11.8 Å². The van der Waals surface area contributed by atoms with Crippen molar-refractivity contribution in [1.82, 2.24) is 0 Å². The van der Waals surface area contributed by atoms with E-state index in [4.69, 9.17) is 18.6 Å². The fourth-order valence-corrected chi connectivity index (χ4v) is 5.18. The van der Waals surface area contributed by atoms with Crippen LogP contribution in [-0.4, -0.2) is 45.4 Å². The van der Waals surface area contributed by atoms with Crippen LogP contribution in [0.2, 0.25) is 18.1 Å². The molecule has 0 radical (unpaired) electrons. The summed E-state index contributed by atoms with van der Waals surface area (Å²) < 4.78 is 25.4. The van der Waals surface area contributed by atoms with Gasteiger partial charge in [0.05, 0.1) is 12.2 Å². The normalized spacial score (nSPS) is 37.0. The van der Waals surface area contributed by atoms with Crippen molar-refractivity contribution < 1.29 is 18.6 Å². The lowest BCUT2D eigenvalue weighted by Gasteiger charge is -2.49. The molecule has 0 aliphatic carbocycles. The molecule has 144 valence electrons. The Morgan fingerprint density at radius 3 is 2.56 bits per heavy atom. The van der Waals surface area contributed by atoms with E-state index in [1.165, 1.54) is 0 Å². The first kappa shape index (κ1) is 19.4. The number of fused-ring (bicyclic) bond motifs is 1. The van der Waals surface area contributed by atoms with E-state index in [0.29, 0.717) is 0 Å². The van der Waals surface area contributed by atoms with E-state index < -0.39 is 13.9 Å². The molecule has 0 bridgehead atoms. The van der Waals surface area contributed by atoms with Crippen molar-refractivity contribution in [1.29, 1.82) is 0 Å². The van der Waals surface area contributed by atoms with E-state index >= 15 is 0 Å². The predicted octanol–water partition coefficient (Wildman–Crippen LogP) is 4.80. The number of hydrogen-bond acceptors (Lipinski definition) is 4. The zero-order valence-corrected chi connectivity index (χ0v) is 17.9. The number of hydrogen-bond donors (Lipinski definition) is 0. The molecule has 0 aromatic carbocycles. The average Bonchev–Trinajstić information content (AvgIpc) is 2.55. The van der Waals surface area contributed by atoms with Gasteiger partial charge in [0.2, 0.25) is 0 Å². The average molecular weight is 369 g/mol. The first-order valence-electron chi connectivity index (χ1n) is 9.94. The van der Waals surface area contributed by atoms with Crippen LogP contribution in [-0.2, 0) is 18.6 Å². The second-order valence-corrected chi connectivity index (χ2v) is 14.2. The van der Waals surface area contributed by atoms with Crippen molar-refractivity contribution in [2.24, 2.45) is 0 Å². The molecule has 3 rings (SSSR count). The zero-order chi connectivity index (χ0) is 18.3. The van der Waals surface area contributed by atoms with Gasteiger partial charge in [-0.2, -0.15) is 0 Å². The van der Waals surface area contributed by atoms with Gasteiger partial charge in [-0.05, 0) is 63.2 Å². The lowest BCUT2D eigenvalue weighted by atomic mass is 9.87. The van der Waals surface area contributed by atoms with Crippen LogP contribution in [0.4, 0.5) is 0 Å². The van der Waals surface area contributed by atoms with Crippen LogP contribution in [0.15, 0.2) is 11.8 Å². The molecule has 0 saturated carbocycles. The largest absolute Gasteiger partial charge is 0.489 e. The van der Waals surface area contributed by atoms with Crippen LogP contribution in [0.1, 0.15) is 59.8 Å². The van der Waals surface area contributed by atoms with Gasteiger partial charge in [-0.3, -0.25) is 0 Å². The first-order valence-corrected chi connectivity index (χ1v) is 12.8. The Kier molecular flexibility index (Phi) is 5.42. The number of ether oxygens (including phenoxy) is 3. The van der Waals surface area contributed by atoms with E-state index in [1.54, 1.807) is 0 Å². The first-order chi connectivity index (χ1) is 11.6. The molecule has 4 atom stereocenters. The Morgan fingerprint density at radius 2 is 1.84 bits per heavy atom. The van der Waals surface area contributed by atoms with Crippen LogP contribution in [0.5, 0.6) is 0 Å². The summed E-state index contributed by atoms with van der Waals surface area (Å²) in [6.45, 7) is 15.3. The van der Waals surface area contributed by atoms with E-state index in [2.05, 4.69) is 46.9 Å². The van der Waals surface area contributed by atoms with Crippen molar-refractivity contribution >= 4 is 8.32 Å². The van der Waals surface area contributed by atoms with Crippen LogP contribution in [0, 0.1) is 0 Å². The Hall–Kier alpha value is -0.363. The summed E-state index contributed by atoms with van der Waals surface area (Å²) in [4.78, 5) is 0. The molecule has 0 spiro atoms. The Morgan fingerprint density at radius 1 is 1.12 bits per heavy atom. The lowest BCUT2D eigenvalue weighted by Crippen LogP contribution is -2.56. The molecular formula is C20H36O4Si. The molecule has 0 N–H and O–H groups in total. The molecule has 3 aliphatic heterocycles. The van der Waals surface area contributed by atoms with Gasteiger partial charge >= 0.3 is 0 Å². The fourth-order valence-electron chi connectivity index (χ4n) is 3.78. The second kappa shape index (κ2) is 6.99. The van der Waals surface area contributed by atoms with Crippen LogP contribution < -0.4 is 0 Å². The molecule has 2 fully saturated rings. The van der Waals surface area contributed by atoms with Crippen LogP contribution >= 0.6 is 0 Å². The summed E-state index contributed by atoms with van der Waals surface area (Å²) in [5, 5.41) is 0.190. The van der Waals surface area contributed by atoms with Gasteiger partial charge in [0.15, 0.2) is 8.32 Å². The minimum absolute atomic E-state index is 0.0643. The molecular weight excluding hydrogens is 332 g/mol. The minimum Gasteiger partial charge on any atom is -0.489 e. The molecule has 0 aromatic heterocycles. The quantitative estimate of drug-likeness (QED) is 0.671. The third-order valence-corrected chi connectivity index (χ3v) is 11.0. The van der Waals surface area contributed by atoms with Gasteiger partial charge in [0.25, 0.3) is 0 Å². The van der Waals surface area contributed by atoms with Crippen molar-refractivity contribution in [2.45, 2.75) is 102 Å². The van der Waals surface area contributed by atoms with E-state index in [0.717, 1.165) is 51.1 Å².